The third-order valence-electron chi connectivity index (χ3n) is 6.16. The van der Waals surface area contributed by atoms with E-state index in [2.05, 4.69) is 10.6 Å². The number of carbonyl (C=O) groups excluding carboxylic acids is 2. The highest BCUT2D eigenvalue weighted by Gasteiger charge is 2.38. The molecule has 3 rings (SSSR count). The van der Waals surface area contributed by atoms with Crippen LogP contribution in [0.4, 0.5) is 5.69 Å². The third kappa shape index (κ3) is 5.60. The quantitative estimate of drug-likeness (QED) is 0.274. The summed E-state index contributed by atoms with van der Waals surface area (Å²) in [4.78, 5) is 36.9. The van der Waals surface area contributed by atoms with Gasteiger partial charge in [0.2, 0.25) is 0 Å². The molecule has 0 amide bonds. The summed E-state index contributed by atoms with van der Waals surface area (Å²) in [6.45, 7) is 5.20. The lowest BCUT2D eigenvalue weighted by atomic mass is 9.80. The zero-order chi connectivity index (χ0) is 24.1. The van der Waals surface area contributed by atoms with Crippen molar-refractivity contribution in [1.29, 1.82) is 0 Å². The monoisotopic (exact) mass is 457 g/mol. The Morgan fingerprint density at radius 1 is 1.12 bits per heavy atom. The number of hydrogen-bond donors (Lipinski definition) is 2. The predicted molar refractivity (Wildman–Crippen MR) is 122 cm³/mol. The summed E-state index contributed by atoms with van der Waals surface area (Å²) in [5.74, 6) is -2.09. The first-order valence-electron chi connectivity index (χ1n) is 11.2. The molecule has 1 aromatic carbocycles. The molecule has 1 aliphatic carbocycles. The first-order chi connectivity index (χ1) is 15.7. The van der Waals surface area contributed by atoms with Crippen LogP contribution < -0.4 is 10.6 Å². The molecule has 1 fully saturated rings. The van der Waals surface area contributed by atoms with E-state index in [4.69, 9.17) is 9.47 Å². The number of dihydropyridines is 1. The fourth-order valence-electron chi connectivity index (χ4n) is 4.66. The van der Waals surface area contributed by atoms with Crippen LogP contribution in [0.1, 0.15) is 64.4 Å². The highest BCUT2D eigenvalue weighted by molar-refractivity contribution is 5.99. The zero-order valence-electron chi connectivity index (χ0n) is 19.5. The maximum Gasteiger partial charge on any atom is 0.338 e. The number of benzene rings is 1. The molecule has 0 bridgehead atoms. The van der Waals surface area contributed by atoms with Crippen LogP contribution in [-0.2, 0) is 19.1 Å². The molecule has 0 saturated heterocycles. The molecule has 0 spiro atoms. The van der Waals surface area contributed by atoms with Gasteiger partial charge >= 0.3 is 11.9 Å². The molecule has 2 aliphatic rings. The standard InChI is InChI=1S/C24H31N3O6/c1-14-20(23(28)32-4)22(17-9-8-12-19(13-17)27(30)31)21(15(2)25-14)24(29)33-16(3)26-18-10-6-5-7-11-18/h8-9,12-13,16,18,22,25-26H,5-7,10-11H2,1-4H3. The van der Waals surface area contributed by atoms with Crippen molar-refractivity contribution in [3.63, 3.8) is 0 Å². The molecule has 9 heteroatoms. The number of esters is 2. The molecule has 33 heavy (non-hydrogen) atoms. The number of carbonyl (C=O) groups is 2. The molecule has 178 valence electrons. The summed E-state index contributed by atoms with van der Waals surface area (Å²) in [6.07, 6.45) is 5.06. The number of nitrogens with zero attached hydrogens (tertiary/aromatic N) is 1. The molecular formula is C24H31N3O6. The van der Waals surface area contributed by atoms with Gasteiger partial charge in [0.25, 0.3) is 5.69 Å². The molecule has 1 aliphatic heterocycles. The first kappa shape index (κ1) is 24.4. The van der Waals surface area contributed by atoms with Crippen molar-refractivity contribution >= 4 is 17.6 Å². The normalized spacial score (nSPS) is 20.2. The van der Waals surface area contributed by atoms with Gasteiger partial charge in [-0.05, 0) is 39.2 Å². The van der Waals surface area contributed by atoms with Crippen molar-refractivity contribution in [3.05, 3.63) is 62.5 Å². The fourth-order valence-corrected chi connectivity index (χ4v) is 4.66. The van der Waals surface area contributed by atoms with Crippen molar-refractivity contribution < 1.29 is 24.0 Å². The van der Waals surface area contributed by atoms with E-state index in [0.29, 0.717) is 23.0 Å². The van der Waals surface area contributed by atoms with E-state index >= 15 is 0 Å². The molecule has 9 nitrogen and oxygen atoms in total. The van der Waals surface area contributed by atoms with E-state index in [1.165, 1.54) is 31.7 Å². The van der Waals surface area contributed by atoms with Crippen LogP contribution in [0.3, 0.4) is 0 Å². The van der Waals surface area contributed by atoms with Gasteiger partial charge in [0, 0.05) is 29.6 Å². The average Bonchev–Trinajstić information content (AvgIpc) is 2.78. The minimum absolute atomic E-state index is 0.134. The Morgan fingerprint density at radius 3 is 2.36 bits per heavy atom. The average molecular weight is 458 g/mol. The lowest BCUT2D eigenvalue weighted by molar-refractivity contribution is -0.384. The summed E-state index contributed by atoms with van der Waals surface area (Å²) in [5.41, 5.74) is 1.77. The Hall–Kier alpha value is -3.20. The molecule has 1 saturated carbocycles. The lowest BCUT2D eigenvalue weighted by Gasteiger charge is -2.31. The Balaban J connectivity index is 1.95. The summed E-state index contributed by atoms with van der Waals surface area (Å²) in [5, 5.41) is 17.8. The maximum atomic E-state index is 13.4. The van der Waals surface area contributed by atoms with E-state index in [-0.39, 0.29) is 16.8 Å². The van der Waals surface area contributed by atoms with Crippen LogP contribution in [0.15, 0.2) is 46.8 Å². The van der Waals surface area contributed by atoms with E-state index < -0.39 is 29.0 Å². The highest BCUT2D eigenvalue weighted by atomic mass is 16.6. The first-order valence-corrected chi connectivity index (χ1v) is 11.2. The maximum absolute atomic E-state index is 13.4. The number of nitrogens with one attached hydrogen (secondary N) is 2. The van der Waals surface area contributed by atoms with E-state index in [1.807, 2.05) is 0 Å². The van der Waals surface area contributed by atoms with Gasteiger partial charge in [-0.1, -0.05) is 31.4 Å². The number of nitro groups is 1. The Morgan fingerprint density at radius 2 is 1.76 bits per heavy atom. The van der Waals surface area contributed by atoms with Gasteiger partial charge in [-0.15, -0.1) is 0 Å². The number of ether oxygens (including phenoxy) is 2. The van der Waals surface area contributed by atoms with Crippen LogP contribution in [0.25, 0.3) is 0 Å². The van der Waals surface area contributed by atoms with Crippen molar-refractivity contribution in [2.45, 2.75) is 71.1 Å². The van der Waals surface area contributed by atoms with Crippen LogP contribution in [0.5, 0.6) is 0 Å². The SMILES string of the molecule is COC(=O)C1=C(C)NC(C)=C(C(=O)OC(C)NC2CCCCC2)C1c1cccc([N+](=O)[O-])c1. The van der Waals surface area contributed by atoms with E-state index in [1.54, 1.807) is 26.8 Å². The number of methoxy groups -OCH3 is 1. The molecule has 0 radical (unpaired) electrons. The number of non-ortho nitro benzene ring substituents is 1. The minimum Gasteiger partial charge on any atom is -0.466 e. The summed E-state index contributed by atoms with van der Waals surface area (Å²) < 4.78 is 10.7. The Labute approximate surface area is 193 Å². The number of nitro benzene ring substituents is 1. The number of hydrogen-bond acceptors (Lipinski definition) is 8. The van der Waals surface area contributed by atoms with Gasteiger partial charge in [-0.25, -0.2) is 9.59 Å². The fraction of sp³-hybridized carbons (Fsp3) is 0.500. The second-order valence-corrected chi connectivity index (χ2v) is 8.53. The van der Waals surface area contributed by atoms with Gasteiger partial charge in [-0.3, -0.25) is 15.4 Å². The van der Waals surface area contributed by atoms with Gasteiger partial charge in [0.15, 0.2) is 6.23 Å². The number of allylic oxidation sites excluding steroid dienone is 2. The summed E-state index contributed by atoms with van der Waals surface area (Å²) in [6, 6.07) is 6.22. The van der Waals surface area contributed by atoms with Crippen molar-refractivity contribution in [2.75, 3.05) is 7.11 Å². The molecule has 2 N–H and O–H groups in total. The third-order valence-corrected chi connectivity index (χ3v) is 6.16. The van der Waals surface area contributed by atoms with Crippen molar-refractivity contribution in [1.82, 2.24) is 10.6 Å². The van der Waals surface area contributed by atoms with Gasteiger partial charge < -0.3 is 14.8 Å². The highest BCUT2D eigenvalue weighted by Crippen LogP contribution is 2.40. The molecule has 0 aromatic heterocycles. The van der Waals surface area contributed by atoms with Crippen LogP contribution in [0, 0.1) is 10.1 Å². The molecule has 1 aromatic rings. The van der Waals surface area contributed by atoms with Crippen LogP contribution in [-0.4, -0.2) is 36.2 Å². The molecule has 2 unspecified atom stereocenters. The second-order valence-electron chi connectivity index (χ2n) is 8.53. The Kier molecular flexibility index (Phi) is 7.86. The summed E-state index contributed by atoms with van der Waals surface area (Å²) >= 11 is 0. The van der Waals surface area contributed by atoms with Gasteiger partial charge in [-0.2, -0.15) is 0 Å². The molecular weight excluding hydrogens is 426 g/mol. The van der Waals surface area contributed by atoms with Crippen molar-refractivity contribution in [2.24, 2.45) is 0 Å². The zero-order valence-corrected chi connectivity index (χ0v) is 19.5. The number of rotatable bonds is 7. The molecule has 2 atom stereocenters. The second kappa shape index (κ2) is 10.6. The van der Waals surface area contributed by atoms with Gasteiger partial charge in [0.1, 0.15) is 0 Å². The van der Waals surface area contributed by atoms with E-state index in [9.17, 15) is 19.7 Å². The topological polar surface area (TPSA) is 120 Å². The predicted octanol–water partition coefficient (Wildman–Crippen LogP) is 3.81. The van der Waals surface area contributed by atoms with Crippen LogP contribution >= 0.6 is 0 Å². The molecule has 1 heterocycles. The largest absolute Gasteiger partial charge is 0.466 e. The van der Waals surface area contributed by atoms with E-state index in [0.717, 1.165) is 25.7 Å². The van der Waals surface area contributed by atoms with Crippen LogP contribution in [0.2, 0.25) is 0 Å². The minimum atomic E-state index is -0.868. The Bertz CT molecular complexity index is 994. The smallest absolute Gasteiger partial charge is 0.338 e. The van der Waals surface area contributed by atoms with Gasteiger partial charge in [0.05, 0.1) is 29.1 Å². The lowest BCUT2D eigenvalue weighted by Crippen LogP contribution is -2.41. The summed E-state index contributed by atoms with van der Waals surface area (Å²) in [7, 11) is 1.26. The van der Waals surface area contributed by atoms with Crippen molar-refractivity contribution in [3.8, 4) is 0 Å².